The molecule has 0 aromatic heterocycles. The molecule has 0 saturated heterocycles. The van der Waals surface area contributed by atoms with Gasteiger partial charge in [-0.25, -0.2) is 0 Å². The minimum atomic E-state index is -0.268. The number of hydrogen-bond donors (Lipinski definition) is 2. The zero-order chi connectivity index (χ0) is 15.0. The summed E-state index contributed by atoms with van der Waals surface area (Å²) >= 11 is 0. The number of carbonyl (C=O) groups excluding carboxylic acids is 2. The molecule has 0 atom stereocenters. The second-order valence-electron chi connectivity index (χ2n) is 5.05. The first-order chi connectivity index (χ1) is 9.54. The van der Waals surface area contributed by atoms with Gasteiger partial charge in [0.25, 0.3) is 0 Å². The smallest absolute Gasteiger partial charge is 0.233 e. The number of carbonyl (C=O) groups is 2. The first-order valence-electron chi connectivity index (χ1n) is 7.17. The van der Waals surface area contributed by atoms with Gasteiger partial charge >= 0.3 is 0 Å². The molecule has 0 heterocycles. The molecule has 0 bridgehead atoms. The Hall–Kier alpha value is -1.84. The molecule has 110 valence electrons. The molecular formula is C16H24N2O2. The van der Waals surface area contributed by atoms with Crippen LogP contribution >= 0.6 is 0 Å². The molecule has 0 fully saturated rings. The van der Waals surface area contributed by atoms with Gasteiger partial charge in [0.05, 0.1) is 0 Å². The van der Waals surface area contributed by atoms with E-state index in [1.54, 1.807) is 0 Å². The van der Waals surface area contributed by atoms with Crippen LogP contribution in [0, 0.1) is 13.8 Å². The van der Waals surface area contributed by atoms with Gasteiger partial charge in [0.2, 0.25) is 11.8 Å². The summed E-state index contributed by atoms with van der Waals surface area (Å²) in [6, 6.07) is 5.82. The van der Waals surface area contributed by atoms with E-state index in [9.17, 15) is 9.59 Å². The minimum absolute atomic E-state index is 0.125. The third kappa shape index (κ3) is 5.43. The fraction of sp³-hybridized carbons (Fsp3) is 0.500. The molecule has 2 N–H and O–H groups in total. The average Bonchev–Trinajstić information content (AvgIpc) is 2.39. The molecule has 0 aliphatic carbocycles. The third-order valence-electron chi connectivity index (χ3n) is 3.17. The van der Waals surface area contributed by atoms with E-state index < -0.39 is 0 Å². The van der Waals surface area contributed by atoms with Crippen molar-refractivity contribution in [1.29, 1.82) is 0 Å². The number of aryl methyl sites for hydroxylation is 2. The normalized spacial score (nSPS) is 10.2. The quantitative estimate of drug-likeness (QED) is 0.594. The molecule has 1 aromatic rings. The Kier molecular flexibility index (Phi) is 6.77. The number of rotatable bonds is 7. The number of unbranched alkanes of at least 4 members (excludes halogenated alkanes) is 2. The Morgan fingerprint density at radius 2 is 1.70 bits per heavy atom. The summed E-state index contributed by atoms with van der Waals surface area (Å²) in [5.41, 5.74) is 2.81. The van der Waals surface area contributed by atoms with Gasteiger partial charge in [0, 0.05) is 12.2 Å². The summed E-state index contributed by atoms with van der Waals surface area (Å²) in [5, 5.41) is 5.57. The van der Waals surface area contributed by atoms with E-state index in [2.05, 4.69) is 17.6 Å². The number of nitrogens with one attached hydrogen (secondary N) is 2. The SMILES string of the molecule is CCCCCNC(=O)CC(=O)Nc1c(C)cccc1C. The van der Waals surface area contributed by atoms with Crippen molar-refractivity contribution in [2.75, 3.05) is 11.9 Å². The molecule has 4 heteroatoms. The molecule has 20 heavy (non-hydrogen) atoms. The van der Waals surface area contributed by atoms with Crippen molar-refractivity contribution in [2.24, 2.45) is 0 Å². The lowest BCUT2D eigenvalue weighted by molar-refractivity contribution is -0.126. The fourth-order valence-electron chi connectivity index (χ4n) is 2.01. The Morgan fingerprint density at radius 1 is 1.05 bits per heavy atom. The number of benzene rings is 1. The summed E-state index contributed by atoms with van der Waals surface area (Å²) in [5.74, 6) is -0.486. The molecule has 2 amide bonds. The summed E-state index contributed by atoms with van der Waals surface area (Å²) in [6.07, 6.45) is 3.04. The second-order valence-corrected chi connectivity index (χ2v) is 5.05. The van der Waals surface area contributed by atoms with Crippen LogP contribution in [0.25, 0.3) is 0 Å². The first-order valence-corrected chi connectivity index (χ1v) is 7.17. The van der Waals surface area contributed by atoms with Crippen LogP contribution in [-0.2, 0) is 9.59 Å². The molecule has 4 nitrogen and oxygen atoms in total. The van der Waals surface area contributed by atoms with Crippen molar-refractivity contribution in [1.82, 2.24) is 5.32 Å². The van der Waals surface area contributed by atoms with Gasteiger partial charge in [-0.15, -0.1) is 0 Å². The summed E-state index contributed by atoms with van der Waals surface area (Å²) in [6.45, 7) is 6.63. The first kappa shape index (κ1) is 16.2. The van der Waals surface area contributed by atoms with Crippen LogP contribution in [-0.4, -0.2) is 18.4 Å². The van der Waals surface area contributed by atoms with Crippen LogP contribution in [0.3, 0.4) is 0 Å². The van der Waals surface area contributed by atoms with Gasteiger partial charge in [0.15, 0.2) is 0 Å². The van der Waals surface area contributed by atoms with E-state index in [1.807, 2.05) is 32.0 Å². The predicted molar refractivity (Wildman–Crippen MR) is 81.7 cm³/mol. The predicted octanol–water partition coefficient (Wildman–Crippen LogP) is 2.94. The van der Waals surface area contributed by atoms with E-state index in [0.29, 0.717) is 6.54 Å². The Balaban J connectivity index is 2.42. The standard InChI is InChI=1S/C16H24N2O2/c1-4-5-6-10-17-14(19)11-15(20)18-16-12(2)8-7-9-13(16)3/h7-9H,4-6,10-11H2,1-3H3,(H,17,19)(H,18,20). The molecule has 0 unspecified atom stereocenters. The topological polar surface area (TPSA) is 58.2 Å². The van der Waals surface area contributed by atoms with E-state index in [4.69, 9.17) is 0 Å². The van der Waals surface area contributed by atoms with E-state index in [1.165, 1.54) is 0 Å². The maximum absolute atomic E-state index is 11.8. The molecule has 0 saturated carbocycles. The number of para-hydroxylation sites is 1. The van der Waals surface area contributed by atoms with Crippen LogP contribution in [0.5, 0.6) is 0 Å². The zero-order valence-electron chi connectivity index (χ0n) is 12.6. The second kappa shape index (κ2) is 8.35. The lowest BCUT2D eigenvalue weighted by Gasteiger charge is -2.11. The van der Waals surface area contributed by atoms with Gasteiger partial charge in [-0.2, -0.15) is 0 Å². The lowest BCUT2D eigenvalue weighted by atomic mass is 10.1. The van der Waals surface area contributed by atoms with Gasteiger partial charge in [-0.3, -0.25) is 9.59 Å². The average molecular weight is 276 g/mol. The van der Waals surface area contributed by atoms with Crippen LogP contribution < -0.4 is 10.6 Å². The highest BCUT2D eigenvalue weighted by Gasteiger charge is 2.11. The highest BCUT2D eigenvalue weighted by Crippen LogP contribution is 2.19. The number of hydrogen-bond acceptors (Lipinski definition) is 2. The van der Waals surface area contributed by atoms with Gasteiger partial charge in [0.1, 0.15) is 6.42 Å². The zero-order valence-corrected chi connectivity index (χ0v) is 12.6. The summed E-state index contributed by atoms with van der Waals surface area (Å²) < 4.78 is 0. The summed E-state index contributed by atoms with van der Waals surface area (Å²) in [4.78, 5) is 23.4. The maximum Gasteiger partial charge on any atom is 0.233 e. The third-order valence-corrected chi connectivity index (χ3v) is 3.17. The highest BCUT2D eigenvalue weighted by atomic mass is 16.2. The number of amides is 2. The molecular weight excluding hydrogens is 252 g/mol. The van der Waals surface area contributed by atoms with Crippen molar-refractivity contribution < 1.29 is 9.59 Å². The van der Waals surface area contributed by atoms with Crippen LogP contribution in [0.1, 0.15) is 43.7 Å². The van der Waals surface area contributed by atoms with E-state index >= 15 is 0 Å². The molecule has 0 spiro atoms. The van der Waals surface area contributed by atoms with Crippen molar-refractivity contribution in [2.45, 2.75) is 46.5 Å². The van der Waals surface area contributed by atoms with Crippen molar-refractivity contribution in [3.63, 3.8) is 0 Å². The molecule has 0 aliphatic rings. The monoisotopic (exact) mass is 276 g/mol. The maximum atomic E-state index is 11.8. The van der Waals surface area contributed by atoms with Gasteiger partial charge in [-0.05, 0) is 31.4 Å². The van der Waals surface area contributed by atoms with E-state index in [-0.39, 0.29) is 18.2 Å². The van der Waals surface area contributed by atoms with Crippen LogP contribution in [0.2, 0.25) is 0 Å². The molecule has 1 aromatic carbocycles. The Bertz CT molecular complexity index is 449. The van der Waals surface area contributed by atoms with Crippen molar-refractivity contribution in [3.05, 3.63) is 29.3 Å². The molecule has 1 rings (SSSR count). The number of anilines is 1. The highest BCUT2D eigenvalue weighted by molar-refractivity contribution is 6.04. The van der Waals surface area contributed by atoms with Crippen molar-refractivity contribution in [3.8, 4) is 0 Å². The fourth-order valence-corrected chi connectivity index (χ4v) is 2.01. The largest absolute Gasteiger partial charge is 0.356 e. The molecule has 0 radical (unpaired) electrons. The lowest BCUT2D eigenvalue weighted by Crippen LogP contribution is -2.29. The van der Waals surface area contributed by atoms with Crippen LogP contribution in [0.15, 0.2) is 18.2 Å². The van der Waals surface area contributed by atoms with Crippen LogP contribution in [0.4, 0.5) is 5.69 Å². The molecule has 0 aliphatic heterocycles. The van der Waals surface area contributed by atoms with E-state index in [0.717, 1.165) is 36.1 Å². The Morgan fingerprint density at radius 3 is 2.30 bits per heavy atom. The van der Waals surface area contributed by atoms with Crippen molar-refractivity contribution >= 4 is 17.5 Å². The Labute approximate surface area is 121 Å². The van der Waals surface area contributed by atoms with Gasteiger partial charge in [-0.1, -0.05) is 38.0 Å². The van der Waals surface area contributed by atoms with Gasteiger partial charge < -0.3 is 10.6 Å². The summed E-state index contributed by atoms with van der Waals surface area (Å²) in [7, 11) is 0. The minimum Gasteiger partial charge on any atom is -0.356 e.